The monoisotopic (exact) mass is 732 g/mol. The van der Waals surface area contributed by atoms with E-state index in [0.29, 0.717) is 30.8 Å². The smallest absolute Gasteiger partial charge is 0.407 e. The number of sulfonamides is 1. The summed E-state index contributed by atoms with van der Waals surface area (Å²) in [5.41, 5.74) is 3.03. The zero-order chi connectivity index (χ0) is 36.8. The molecule has 0 spiro atoms. The highest BCUT2D eigenvalue weighted by atomic mass is 32.2. The highest BCUT2D eigenvalue weighted by Gasteiger charge is 2.44. The first-order chi connectivity index (χ1) is 25.0. The number of nitrogens with one attached hydrogen (secondary N) is 2. The van der Waals surface area contributed by atoms with Gasteiger partial charge in [-0.1, -0.05) is 81.4 Å². The summed E-state index contributed by atoms with van der Waals surface area (Å²) in [6, 6.07) is 23.0. The Hall–Kier alpha value is -4.14. The van der Waals surface area contributed by atoms with Crippen molar-refractivity contribution >= 4 is 33.9 Å². The minimum atomic E-state index is -4.17. The molecule has 52 heavy (non-hydrogen) atoms. The lowest BCUT2D eigenvalue weighted by molar-refractivity contribution is -0.115. The van der Waals surface area contributed by atoms with E-state index >= 15 is 0 Å². The molecule has 3 aliphatic rings. The summed E-state index contributed by atoms with van der Waals surface area (Å²) in [5.74, 6) is -1.04. The number of nitrogens with zero attached hydrogens (tertiary/aromatic N) is 2. The van der Waals surface area contributed by atoms with E-state index in [2.05, 4.69) is 22.5 Å². The van der Waals surface area contributed by atoms with Crippen molar-refractivity contribution < 1.29 is 37.3 Å². The van der Waals surface area contributed by atoms with Crippen molar-refractivity contribution in [1.82, 2.24) is 9.62 Å². The fourth-order valence-corrected chi connectivity index (χ4v) is 8.63. The van der Waals surface area contributed by atoms with Crippen LogP contribution >= 0.6 is 0 Å². The number of ether oxygens (including phenoxy) is 3. The number of benzene rings is 3. The van der Waals surface area contributed by atoms with Gasteiger partial charge in [0.25, 0.3) is 0 Å². The van der Waals surface area contributed by atoms with Crippen molar-refractivity contribution in [2.75, 3.05) is 38.2 Å². The van der Waals surface area contributed by atoms with Crippen molar-refractivity contribution in [2.24, 2.45) is 16.8 Å². The van der Waals surface area contributed by atoms with Crippen LogP contribution in [-0.2, 0) is 35.4 Å². The summed E-state index contributed by atoms with van der Waals surface area (Å²) < 4.78 is 46.8. The Morgan fingerprint density at radius 2 is 1.79 bits per heavy atom. The molecule has 7 atom stereocenters. The molecule has 0 saturated carbocycles. The molecule has 0 bridgehead atoms. The number of aliphatic hydroxyl groups excluding tert-OH is 1. The van der Waals surface area contributed by atoms with Gasteiger partial charge in [0.15, 0.2) is 6.29 Å². The Kier molecular flexibility index (Phi) is 12.1. The molecule has 7 unspecified atom stereocenters. The predicted molar refractivity (Wildman–Crippen MR) is 197 cm³/mol. The maximum absolute atomic E-state index is 14.3. The Morgan fingerprint density at radius 1 is 1.06 bits per heavy atom. The molecule has 0 radical (unpaired) electrons. The number of carbonyl (C=O) groups is 2. The van der Waals surface area contributed by atoms with Gasteiger partial charge in [-0.05, 0) is 53.6 Å². The molecular weight excluding hydrogens is 685 g/mol. The van der Waals surface area contributed by atoms with Crippen LogP contribution in [0.3, 0.4) is 0 Å². The molecule has 3 aliphatic heterocycles. The third-order valence-electron chi connectivity index (χ3n) is 9.81. The molecule has 278 valence electrons. The number of carbonyl (C=O) groups excluding carboxylic acids is 2. The molecule has 3 heterocycles. The van der Waals surface area contributed by atoms with Gasteiger partial charge in [0.2, 0.25) is 15.9 Å². The van der Waals surface area contributed by atoms with E-state index in [1.807, 2.05) is 74.5 Å². The second-order valence-electron chi connectivity index (χ2n) is 14.2. The lowest BCUT2D eigenvalue weighted by Crippen LogP contribution is -2.51. The first-order valence-electron chi connectivity index (χ1n) is 17.9. The number of aliphatic imine (C=N–C) groups is 1. The molecule has 3 aromatic carbocycles. The van der Waals surface area contributed by atoms with Crippen LogP contribution < -0.4 is 10.6 Å². The molecule has 2 fully saturated rings. The fraction of sp³-hybridized carbons (Fsp3) is 0.462. The Morgan fingerprint density at radius 3 is 2.52 bits per heavy atom. The van der Waals surface area contributed by atoms with Gasteiger partial charge < -0.3 is 30.0 Å². The van der Waals surface area contributed by atoms with Crippen molar-refractivity contribution in [3.05, 3.63) is 95.6 Å². The molecule has 0 aromatic heterocycles. The van der Waals surface area contributed by atoms with Crippen LogP contribution in [0.2, 0.25) is 0 Å². The Balaban J connectivity index is 1.19. The first-order valence-corrected chi connectivity index (χ1v) is 19.4. The number of aliphatic hydroxyl groups is 1. The first kappa shape index (κ1) is 37.6. The maximum Gasteiger partial charge on any atom is 0.407 e. The summed E-state index contributed by atoms with van der Waals surface area (Å²) in [4.78, 5) is 30.8. The van der Waals surface area contributed by atoms with Crippen molar-refractivity contribution in [3.8, 4) is 0 Å². The number of anilines is 1. The molecular formula is C39H48N4O8S. The van der Waals surface area contributed by atoms with E-state index in [9.17, 15) is 23.1 Å². The number of hydrogen-bond acceptors (Lipinski definition) is 9. The van der Waals surface area contributed by atoms with E-state index in [1.165, 1.54) is 16.4 Å². The minimum absolute atomic E-state index is 0.00629. The minimum Gasteiger partial charge on any atom is -0.443 e. The van der Waals surface area contributed by atoms with Crippen molar-refractivity contribution in [3.63, 3.8) is 0 Å². The number of alkyl carbamates (subject to hydrolysis) is 1. The van der Waals surface area contributed by atoms with Crippen molar-refractivity contribution in [2.45, 2.75) is 74.9 Å². The van der Waals surface area contributed by atoms with Gasteiger partial charge in [0.1, 0.15) is 12.0 Å². The summed E-state index contributed by atoms with van der Waals surface area (Å²) in [6.07, 6.45) is -0.356. The lowest BCUT2D eigenvalue weighted by atomic mass is 10.0. The summed E-state index contributed by atoms with van der Waals surface area (Å²) in [5, 5.41) is 17.3. The second kappa shape index (κ2) is 16.7. The molecule has 0 aliphatic carbocycles. The van der Waals surface area contributed by atoms with Gasteiger partial charge in [-0.2, -0.15) is 4.31 Å². The third kappa shape index (κ3) is 8.89. The standard InChI is InChI=1S/C39H48N4O8S/c1-25(2)22-43(23-35(44)34(18-27-10-6-4-7-11-27)42-39(46)51-36-24-50-38-30(36)16-17-49-38)52(47,48)29-14-15-33-31(19-29)32(37(45)41-33)21-40-20-26(3)28-12-8-5-9-13-28/h4-15,19,21,25-26,30,32,34-36,38,44H,16-18,20,22-24H2,1-3H3,(H,41,45)(H,42,46). The average molecular weight is 733 g/mol. The number of rotatable bonds is 15. The molecule has 3 aromatic rings. The molecule has 2 saturated heterocycles. The van der Waals surface area contributed by atoms with E-state index in [-0.39, 0.29) is 54.7 Å². The zero-order valence-corrected chi connectivity index (χ0v) is 30.6. The van der Waals surface area contributed by atoms with Crippen LogP contribution in [0.4, 0.5) is 10.5 Å². The summed E-state index contributed by atoms with van der Waals surface area (Å²) in [7, 11) is -4.17. The maximum atomic E-state index is 14.3. The van der Waals surface area contributed by atoms with Gasteiger partial charge in [-0.3, -0.25) is 9.79 Å². The second-order valence-corrected chi connectivity index (χ2v) is 16.2. The van der Waals surface area contributed by atoms with Gasteiger partial charge in [0, 0.05) is 37.5 Å². The van der Waals surface area contributed by atoms with Gasteiger partial charge in [-0.15, -0.1) is 0 Å². The number of amides is 2. The van der Waals surface area contributed by atoms with Gasteiger partial charge >= 0.3 is 6.09 Å². The fourth-order valence-electron chi connectivity index (χ4n) is 6.97. The van der Waals surface area contributed by atoms with Crippen LogP contribution in [0.15, 0.2) is 88.8 Å². The highest BCUT2D eigenvalue weighted by Crippen LogP contribution is 2.35. The third-order valence-corrected chi connectivity index (χ3v) is 11.6. The summed E-state index contributed by atoms with van der Waals surface area (Å²) >= 11 is 0. The normalized spacial score (nSPS) is 23.0. The van der Waals surface area contributed by atoms with E-state index in [1.54, 1.807) is 12.3 Å². The van der Waals surface area contributed by atoms with Crippen LogP contribution in [0.1, 0.15) is 55.7 Å². The van der Waals surface area contributed by atoms with Crippen LogP contribution in [-0.4, -0.2) is 93.4 Å². The lowest BCUT2D eigenvalue weighted by Gasteiger charge is -2.31. The quantitative estimate of drug-likeness (QED) is 0.190. The SMILES string of the molecule is CC(C)CN(CC(O)C(Cc1ccccc1)NC(=O)OC1COC2OCCC12)S(=O)(=O)c1ccc2c(c1)C(C=NCC(C)c1ccccc1)C(=O)N2. The van der Waals surface area contributed by atoms with Gasteiger partial charge in [0.05, 0.1) is 36.2 Å². The van der Waals surface area contributed by atoms with Gasteiger partial charge in [-0.25, -0.2) is 13.2 Å². The summed E-state index contributed by atoms with van der Waals surface area (Å²) in [6.45, 7) is 6.89. The molecule has 6 rings (SSSR count). The molecule has 12 nitrogen and oxygen atoms in total. The van der Waals surface area contributed by atoms with Crippen LogP contribution in [0.25, 0.3) is 0 Å². The zero-order valence-electron chi connectivity index (χ0n) is 29.8. The Bertz CT molecular complexity index is 1820. The van der Waals surface area contributed by atoms with Crippen LogP contribution in [0.5, 0.6) is 0 Å². The van der Waals surface area contributed by atoms with E-state index in [0.717, 1.165) is 11.1 Å². The van der Waals surface area contributed by atoms with E-state index in [4.69, 9.17) is 14.2 Å². The molecule has 2 amide bonds. The number of fused-ring (bicyclic) bond motifs is 2. The Labute approximate surface area is 305 Å². The topological polar surface area (TPSA) is 156 Å². The number of hydrogen-bond donors (Lipinski definition) is 3. The largest absolute Gasteiger partial charge is 0.443 e. The molecule has 3 N–H and O–H groups in total. The average Bonchev–Trinajstić information content (AvgIpc) is 3.83. The molecule has 13 heteroatoms. The van der Waals surface area contributed by atoms with Crippen LogP contribution in [0, 0.1) is 11.8 Å². The van der Waals surface area contributed by atoms with Crippen molar-refractivity contribution in [1.29, 1.82) is 0 Å². The predicted octanol–water partition coefficient (Wildman–Crippen LogP) is 4.70. The highest BCUT2D eigenvalue weighted by molar-refractivity contribution is 7.89. The van der Waals surface area contributed by atoms with E-state index < -0.39 is 46.6 Å².